The van der Waals surface area contributed by atoms with Gasteiger partial charge in [0.1, 0.15) is 0 Å². The molecule has 0 bridgehead atoms. The van der Waals surface area contributed by atoms with Gasteiger partial charge in [-0.1, -0.05) is 23.2 Å². The SMILES string of the molecule is O=C(Cl)c1cc(Cl)c(I)c(Cl)c1. The Kier molecular flexibility index (Phi) is 3.64. The van der Waals surface area contributed by atoms with Crippen molar-refractivity contribution in [3.8, 4) is 0 Å². The van der Waals surface area contributed by atoms with E-state index in [9.17, 15) is 4.79 Å². The van der Waals surface area contributed by atoms with Crippen molar-refractivity contribution in [1.82, 2.24) is 0 Å². The van der Waals surface area contributed by atoms with Crippen molar-refractivity contribution in [2.24, 2.45) is 0 Å². The number of benzene rings is 1. The predicted octanol–water partition coefficient (Wildman–Crippen LogP) is 3.98. The summed E-state index contributed by atoms with van der Waals surface area (Å²) in [5.41, 5.74) is 0.312. The maximum absolute atomic E-state index is 10.7. The van der Waals surface area contributed by atoms with Crippen LogP contribution in [0.4, 0.5) is 0 Å². The van der Waals surface area contributed by atoms with Gasteiger partial charge in [0.05, 0.1) is 13.6 Å². The first kappa shape index (κ1) is 10.6. The normalized spacial score (nSPS) is 10.0. The molecular formula is C7H2Cl3IO. The highest BCUT2D eigenvalue weighted by Crippen LogP contribution is 2.28. The molecule has 0 heterocycles. The van der Waals surface area contributed by atoms with Gasteiger partial charge in [0, 0.05) is 5.56 Å². The monoisotopic (exact) mass is 334 g/mol. The van der Waals surface area contributed by atoms with Gasteiger partial charge >= 0.3 is 0 Å². The summed E-state index contributed by atoms with van der Waals surface area (Å²) in [6.07, 6.45) is 0. The van der Waals surface area contributed by atoms with E-state index in [0.717, 1.165) is 3.57 Å². The number of rotatable bonds is 1. The Morgan fingerprint density at radius 1 is 1.25 bits per heavy atom. The Bertz CT molecular complexity index is 314. The van der Waals surface area contributed by atoms with Crippen LogP contribution in [0, 0.1) is 3.57 Å². The summed E-state index contributed by atoms with van der Waals surface area (Å²) in [5.74, 6) is 0. The van der Waals surface area contributed by atoms with Crippen molar-refractivity contribution < 1.29 is 4.79 Å². The maximum Gasteiger partial charge on any atom is 0.252 e. The van der Waals surface area contributed by atoms with Gasteiger partial charge in [0.15, 0.2) is 0 Å². The van der Waals surface area contributed by atoms with E-state index in [1.54, 1.807) is 0 Å². The van der Waals surface area contributed by atoms with Crippen molar-refractivity contribution in [2.45, 2.75) is 0 Å². The Hall–Kier alpha value is 0.490. The van der Waals surface area contributed by atoms with E-state index in [2.05, 4.69) is 0 Å². The van der Waals surface area contributed by atoms with Gasteiger partial charge in [0.2, 0.25) is 0 Å². The molecule has 0 atom stereocenters. The number of hydrogen-bond donors (Lipinski definition) is 0. The first-order valence-electron chi connectivity index (χ1n) is 2.86. The molecule has 0 aromatic heterocycles. The van der Waals surface area contributed by atoms with Crippen LogP contribution in [0.1, 0.15) is 10.4 Å². The van der Waals surface area contributed by atoms with Crippen molar-refractivity contribution in [3.63, 3.8) is 0 Å². The van der Waals surface area contributed by atoms with Crippen molar-refractivity contribution in [2.75, 3.05) is 0 Å². The van der Waals surface area contributed by atoms with Gasteiger partial charge in [-0.25, -0.2) is 0 Å². The molecule has 1 aromatic carbocycles. The van der Waals surface area contributed by atoms with E-state index in [1.807, 2.05) is 22.6 Å². The Morgan fingerprint density at radius 2 is 1.67 bits per heavy atom. The van der Waals surface area contributed by atoms with Crippen LogP contribution < -0.4 is 0 Å². The van der Waals surface area contributed by atoms with Gasteiger partial charge in [-0.15, -0.1) is 0 Å². The molecule has 0 fully saturated rings. The predicted molar refractivity (Wildman–Crippen MR) is 59.4 cm³/mol. The molecule has 0 N–H and O–H groups in total. The molecule has 64 valence electrons. The van der Waals surface area contributed by atoms with E-state index >= 15 is 0 Å². The molecule has 0 saturated carbocycles. The lowest BCUT2D eigenvalue weighted by Gasteiger charge is -2.00. The van der Waals surface area contributed by atoms with Crippen LogP contribution in [-0.2, 0) is 0 Å². The van der Waals surface area contributed by atoms with Crippen molar-refractivity contribution in [3.05, 3.63) is 31.3 Å². The summed E-state index contributed by atoms with van der Waals surface area (Å²) >= 11 is 18.8. The zero-order valence-electron chi connectivity index (χ0n) is 5.57. The van der Waals surface area contributed by atoms with Crippen LogP contribution in [0.5, 0.6) is 0 Å². The van der Waals surface area contributed by atoms with Gasteiger partial charge in [0.25, 0.3) is 5.24 Å². The second kappa shape index (κ2) is 4.13. The third-order valence-corrected chi connectivity index (χ3v) is 3.83. The molecular weight excluding hydrogens is 333 g/mol. The molecule has 0 aliphatic carbocycles. The lowest BCUT2D eigenvalue weighted by atomic mass is 10.2. The number of carbonyl (C=O) groups is 1. The van der Waals surface area contributed by atoms with E-state index < -0.39 is 5.24 Å². The minimum absolute atomic E-state index is 0.312. The standard InChI is InChI=1S/C7H2Cl3IO/c8-4-1-3(7(10)12)2-5(9)6(4)11/h1-2H. The largest absolute Gasteiger partial charge is 0.276 e. The lowest BCUT2D eigenvalue weighted by molar-refractivity contribution is 0.108. The maximum atomic E-state index is 10.7. The van der Waals surface area contributed by atoms with Gasteiger partial charge in [-0.2, -0.15) is 0 Å². The van der Waals surface area contributed by atoms with Gasteiger partial charge < -0.3 is 0 Å². The molecule has 1 aromatic rings. The summed E-state index contributed by atoms with van der Waals surface area (Å²) in [6, 6.07) is 2.98. The highest BCUT2D eigenvalue weighted by atomic mass is 127. The zero-order valence-corrected chi connectivity index (χ0v) is 10.0. The van der Waals surface area contributed by atoms with Crippen LogP contribution in [0.15, 0.2) is 12.1 Å². The quantitative estimate of drug-likeness (QED) is 0.431. The van der Waals surface area contributed by atoms with E-state index in [-0.39, 0.29) is 0 Å². The number of hydrogen-bond acceptors (Lipinski definition) is 1. The number of halogens is 4. The van der Waals surface area contributed by atoms with Crippen LogP contribution in [0.25, 0.3) is 0 Å². The van der Waals surface area contributed by atoms with E-state index in [4.69, 9.17) is 34.8 Å². The van der Waals surface area contributed by atoms with Crippen molar-refractivity contribution in [1.29, 1.82) is 0 Å². The average Bonchev–Trinajstić information content (AvgIpc) is 1.99. The molecule has 0 aliphatic rings. The van der Waals surface area contributed by atoms with Crippen molar-refractivity contribution >= 4 is 62.6 Å². The molecule has 0 saturated heterocycles. The molecule has 1 nitrogen and oxygen atoms in total. The van der Waals surface area contributed by atoms with Crippen LogP contribution in [0.2, 0.25) is 10.0 Å². The number of carbonyl (C=O) groups excluding carboxylic acids is 1. The van der Waals surface area contributed by atoms with E-state index in [1.165, 1.54) is 12.1 Å². The molecule has 0 unspecified atom stereocenters. The molecule has 0 spiro atoms. The fourth-order valence-electron chi connectivity index (χ4n) is 0.669. The third kappa shape index (κ3) is 2.25. The second-order valence-corrected chi connectivity index (χ2v) is 4.26. The third-order valence-electron chi connectivity index (χ3n) is 1.21. The lowest BCUT2D eigenvalue weighted by Crippen LogP contribution is -1.90. The summed E-state index contributed by atoms with van der Waals surface area (Å²) in [6.45, 7) is 0. The molecule has 1 rings (SSSR count). The highest BCUT2D eigenvalue weighted by molar-refractivity contribution is 14.1. The Morgan fingerprint density at radius 3 is 2.00 bits per heavy atom. The van der Waals surface area contributed by atoms with E-state index in [0.29, 0.717) is 15.6 Å². The highest BCUT2D eigenvalue weighted by Gasteiger charge is 2.08. The fourth-order valence-corrected chi connectivity index (χ4v) is 1.58. The van der Waals surface area contributed by atoms with Gasteiger partial charge in [-0.05, 0) is 46.3 Å². The first-order chi connectivity index (χ1) is 5.52. The summed E-state index contributed by atoms with van der Waals surface area (Å²) in [7, 11) is 0. The van der Waals surface area contributed by atoms with Crippen LogP contribution in [0.3, 0.4) is 0 Å². The molecule has 5 heteroatoms. The second-order valence-electron chi connectivity index (χ2n) is 2.03. The average molecular weight is 335 g/mol. The molecule has 0 aliphatic heterocycles. The Labute approximate surface area is 98.1 Å². The minimum Gasteiger partial charge on any atom is -0.276 e. The fraction of sp³-hybridized carbons (Fsp3) is 0. The first-order valence-corrected chi connectivity index (χ1v) is 5.08. The van der Waals surface area contributed by atoms with Crippen LogP contribution >= 0.6 is 57.4 Å². The topological polar surface area (TPSA) is 17.1 Å². The van der Waals surface area contributed by atoms with Gasteiger partial charge in [-0.3, -0.25) is 4.79 Å². The summed E-state index contributed by atoms with van der Waals surface area (Å²) in [5, 5.41) is 0.314. The molecule has 12 heavy (non-hydrogen) atoms. The smallest absolute Gasteiger partial charge is 0.252 e. The minimum atomic E-state index is -0.560. The zero-order chi connectivity index (χ0) is 9.30. The summed E-state index contributed by atoms with van der Waals surface area (Å²) < 4.78 is 0.720. The summed E-state index contributed by atoms with van der Waals surface area (Å²) in [4.78, 5) is 10.7. The molecule has 0 amide bonds. The Balaban J connectivity index is 3.31. The van der Waals surface area contributed by atoms with Crippen LogP contribution in [-0.4, -0.2) is 5.24 Å². The molecule has 0 radical (unpaired) electrons.